The third kappa shape index (κ3) is 6.99. The summed E-state index contributed by atoms with van der Waals surface area (Å²) in [6.45, 7) is 5.04. The van der Waals surface area contributed by atoms with Gasteiger partial charge in [-0.1, -0.05) is 17.7 Å². The number of hydrogen-bond donors (Lipinski definition) is 0. The van der Waals surface area contributed by atoms with Crippen LogP contribution in [-0.4, -0.2) is 48.9 Å². The van der Waals surface area contributed by atoms with Crippen LogP contribution < -0.4 is 9.64 Å². The summed E-state index contributed by atoms with van der Waals surface area (Å²) in [4.78, 5) is 63.5. The van der Waals surface area contributed by atoms with Crippen LogP contribution in [0.5, 0.6) is 5.75 Å². The van der Waals surface area contributed by atoms with Gasteiger partial charge < -0.3 is 19.1 Å². The van der Waals surface area contributed by atoms with Gasteiger partial charge in [0.2, 0.25) is 5.91 Å². The number of esters is 3. The highest BCUT2D eigenvalue weighted by atomic mass is 16.5. The molecule has 0 aromatic heterocycles. The minimum Gasteiger partial charge on any atom is -0.459 e. The number of carbonyl (C=O) groups excluding carboxylic acids is 5. The fourth-order valence-electron chi connectivity index (χ4n) is 4.08. The zero-order valence-corrected chi connectivity index (χ0v) is 22.4. The van der Waals surface area contributed by atoms with E-state index in [0.29, 0.717) is 16.8 Å². The quantitative estimate of drug-likeness (QED) is 0.219. The van der Waals surface area contributed by atoms with Gasteiger partial charge in [0.25, 0.3) is 0 Å². The molecule has 0 unspecified atom stereocenters. The number of Topliss-reactive ketones (excluding diaryl/α,β-unsaturated/α-hetero) is 1. The highest BCUT2D eigenvalue weighted by Gasteiger charge is 2.36. The van der Waals surface area contributed by atoms with Crippen molar-refractivity contribution >= 4 is 35.3 Å². The number of anilines is 1. The molecule has 1 amide bonds. The number of benzene rings is 3. The molecule has 1 aliphatic rings. The van der Waals surface area contributed by atoms with Gasteiger partial charge in [-0.3, -0.25) is 14.4 Å². The minimum absolute atomic E-state index is 0.0504. The number of ether oxygens (including phenoxy) is 3. The molecule has 0 aliphatic carbocycles. The molecule has 3 aromatic carbocycles. The normalized spacial score (nSPS) is 14.7. The highest BCUT2D eigenvalue weighted by Crippen LogP contribution is 2.26. The van der Waals surface area contributed by atoms with E-state index < -0.39 is 36.2 Å². The van der Waals surface area contributed by atoms with Crippen molar-refractivity contribution in [1.29, 1.82) is 0 Å². The molecular weight excluding hydrogens is 514 g/mol. The zero-order valence-electron chi connectivity index (χ0n) is 22.4. The third-order valence-corrected chi connectivity index (χ3v) is 6.24. The highest BCUT2D eigenvalue weighted by molar-refractivity contribution is 6.01. The standard InChI is InChI=1S/C31H29NO8/c1-19(2)39-30(36)23-8-12-25(13-9-23)32-17-24(16-28(32)34)29(35)38-18-27(33)21-10-14-26(15-11-21)40-31(37)22-6-4-20(3)5-7-22/h4-15,19,24H,16-18H2,1-3H3/t24-/m0/s1. The van der Waals surface area contributed by atoms with Gasteiger partial charge in [0.1, 0.15) is 5.75 Å². The van der Waals surface area contributed by atoms with Crippen LogP contribution in [0, 0.1) is 12.8 Å². The summed E-state index contributed by atoms with van der Waals surface area (Å²) < 4.78 is 15.7. The first-order valence-corrected chi connectivity index (χ1v) is 12.8. The monoisotopic (exact) mass is 543 g/mol. The van der Waals surface area contributed by atoms with Crippen molar-refractivity contribution in [2.24, 2.45) is 5.92 Å². The second-order valence-electron chi connectivity index (χ2n) is 9.72. The van der Waals surface area contributed by atoms with E-state index in [1.165, 1.54) is 29.2 Å². The minimum atomic E-state index is -0.727. The van der Waals surface area contributed by atoms with E-state index in [9.17, 15) is 24.0 Å². The van der Waals surface area contributed by atoms with E-state index in [2.05, 4.69) is 0 Å². The topological polar surface area (TPSA) is 116 Å². The lowest BCUT2D eigenvalue weighted by Gasteiger charge is -2.17. The van der Waals surface area contributed by atoms with Crippen LogP contribution in [0.1, 0.15) is 56.9 Å². The molecule has 9 heteroatoms. The molecule has 1 saturated heterocycles. The van der Waals surface area contributed by atoms with Crippen LogP contribution in [0.15, 0.2) is 72.8 Å². The first-order chi connectivity index (χ1) is 19.1. The average molecular weight is 544 g/mol. The fourth-order valence-corrected chi connectivity index (χ4v) is 4.08. The van der Waals surface area contributed by atoms with Crippen molar-refractivity contribution in [3.05, 3.63) is 95.1 Å². The van der Waals surface area contributed by atoms with Crippen LogP contribution in [0.25, 0.3) is 0 Å². The summed E-state index contributed by atoms with van der Waals surface area (Å²) in [5, 5.41) is 0. The van der Waals surface area contributed by atoms with E-state index in [4.69, 9.17) is 14.2 Å². The molecule has 3 aromatic rings. The fraction of sp³-hybridized carbons (Fsp3) is 0.258. The van der Waals surface area contributed by atoms with Crippen molar-refractivity contribution in [1.82, 2.24) is 0 Å². The molecule has 4 rings (SSSR count). The number of carbonyl (C=O) groups is 5. The molecule has 1 atom stereocenters. The summed E-state index contributed by atoms with van der Waals surface area (Å²) in [6.07, 6.45) is -0.301. The summed E-state index contributed by atoms with van der Waals surface area (Å²) in [7, 11) is 0. The van der Waals surface area contributed by atoms with E-state index in [1.54, 1.807) is 50.2 Å². The van der Waals surface area contributed by atoms with Gasteiger partial charge in [0, 0.05) is 24.2 Å². The van der Waals surface area contributed by atoms with Gasteiger partial charge in [0.15, 0.2) is 12.4 Å². The number of ketones is 1. The summed E-state index contributed by atoms with van der Waals surface area (Å²) in [5.74, 6) is -2.78. The first kappa shape index (κ1) is 28.2. The van der Waals surface area contributed by atoms with Crippen molar-refractivity contribution in [3.63, 3.8) is 0 Å². The Bertz CT molecular complexity index is 1410. The van der Waals surface area contributed by atoms with Gasteiger partial charge in [-0.2, -0.15) is 0 Å². The largest absolute Gasteiger partial charge is 0.459 e. The maximum Gasteiger partial charge on any atom is 0.343 e. The molecule has 1 heterocycles. The molecule has 0 saturated carbocycles. The van der Waals surface area contributed by atoms with Gasteiger partial charge in [-0.15, -0.1) is 0 Å². The lowest BCUT2D eigenvalue weighted by Crippen LogP contribution is -2.27. The van der Waals surface area contributed by atoms with Crippen molar-refractivity contribution in [2.45, 2.75) is 33.3 Å². The number of rotatable bonds is 9. The van der Waals surface area contributed by atoms with E-state index in [-0.39, 0.29) is 36.3 Å². The molecule has 206 valence electrons. The predicted molar refractivity (Wildman–Crippen MR) is 145 cm³/mol. The second-order valence-corrected chi connectivity index (χ2v) is 9.72. The SMILES string of the molecule is Cc1ccc(C(=O)Oc2ccc(C(=O)COC(=O)[C@H]3CC(=O)N(c4ccc(C(=O)OC(C)C)cc4)C3)cc2)cc1. The molecule has 0 spiro atoms. The molecule has 0 bridgehead atoms. The number of amides is 1. The second kappa shape index (κ2) is 12.4. The Morgan fingerprint density at radius 3 is 2.02 bits per heavy atom. The number of hydrogen-bond acceptors (Lipinski definition) is 8. The Hall–Kier alpha value is -4.79. The summed E-state index contributed by atoms with van der Waals surface area (Å²) in [5.41, 5.74) is 2.61. The van der Waals surface area contributed by atoms with Crippen LogP contribution >= 0.6 is 0 Å². The molecular formula is C31H29NO8. The van der Waals surface area contributed by atoms with Crippen LogP contribution in [-0.2, 0) is 19.1 Å². The summed E-state index contributed by atoms with van der Waals surface area (Å²) in [6, 6.07) is 19.3. The maximum absolute atomic E-state index is 12.6. The summed E-state index contributed by atoms with van der Waals surface area (Å²) >= 11 is 0. The Balaban J connectivity index is 1.27. The first-order valence-electron chi connectivity index (χ1n) is 12.8. The predicted octanol–water partition coefficient (Wildman–Crippen LogP) is 4.56. The number of aryl methyl sites for hydroxylation is 1. The van der Waals surface area contributed by atoms with Gasteiger partial charge in [-0.25, -0.2) is 9.59 Å². The smallest absolute Gasteiger partial charge is 0.343 e. The molecule has 9 nitrogen and oxygen atoms in total. The Kier molecular flexibility index (Phi) is 8.73. The average Bonchev–Trinajstić information content (AvgIpc) is 3.33. The van der Waals surface area contributed by atoms with Gasteiger partial charge in [-0.05, 0) is 81.4 Å². The Labute approximate surface area is 231 Å². The van der Waals surface area contributed by atoms with Crippen LogP contribution in [0.2, 0.25) is 0 Å². The lowest BCUT2D eigenvalue weighted by molar-refractivity contribution is -0.147. The maximum atomic E-state index is 12.6. The van der Waals surface area contributed by atoms with E-state index >= 15 is 0 Å². The van der Waals surface area contributed by atoms with Crippen molar-refractivity contribution < 1.29 is 38.2 Å². The molecule has 0 radical (unpaired) electrons. The zero-order chi connectivity index (χ0) is 28.8. The third-order valence-electron chi connectivity index (χ3n) is 6.24. The van der Waals surface area contributed by atoms with E-state index in [0.717, 1.165) is 5.56 Å². The van der Waals surface area contributed by atoms with E-state index in [1.807, 2.05) is 19.1 Å². The van der Waals surface area contributed by atoms with Gasteiger partial charge >= 0.3 is 17.9 Å². The number of nitrogens with zero attached hydrogens (tertiary/aromatic N) is 1. The molecule has 1 fully saturated rings. The van der Waals surface area contributed by atoms with Crippen molar-refractivity contribution in [3.8, 4) is 5.75 Å². The van der Waals surface area contributed by atoms with Crippen LogP contribution in [0.4, 0.5) is 5.69 Å². The Morgan fingerprint density at radius 1 is 0.825 bits per heavy atom. The van der Waals surface area contributed by atoms with Crippen LogP contribution in [0.3, 0.4) is 0 Å². The van der Waals surface area contributed by atoms with Gasteiger partial charge in [0.05, 0.1) is 23.1 Å². The molecule has 1 aliphatic heterocycles. The lowest BCUT2D eigenvalue weighted by atomic mass is 10.1. The molecule has 0 N–H and O–H groups in total. The molecule has 40 heavy (non-hydrogen) atoms. The van der Waals surface area contributed by atoms with Crippen molar-refractivity contribution in [2.75, 3.05) is 18.1 Å². The Morgan fingerprint density at radius 2 is 1.40 bits per heavy atom.